The predicted molar refractivity (Wildman–Crippen MR) is 131 cm³/mol. The van der Waals surface area contributed by atoms with Gasteiger partial charge in [0.15, 0.2) is 0 Å². The highest BCUT2D eigenvalue weighted by Crippen LogP contribution is 2.51. The minimum Gasteiger partial charge on any atom is -0.378 e. The van der Waals surface area contributed by atoms with Crippen LogP contribution in [0.25, 0.3) is 0 Å². The largest absolute Gasteiger partial charge is 0.378 e. The first-order valence-corrected chi connectivity index (χ1v) is 12.7. The lowest BCUT2D eigenvalue weighted by molar-refractivity contribution is 0.425. The fourth-order valence-corrected chi connectivity index (χ4v) is 6.38. The second kappa shape index (κ2) is 8.14. The first-order valence-electron chi connectivity index (χ1n) is 10.4. The van der Waals surface area contributed by atoms with Crippen molar-refractivity contribution < 1.29 is 8.42 Å². The molecule has 0 saturated heterocycles. The second-order valence-corrected chi connectivity index (χ2v) is 10.8. The summed E-state index contributed by atoms with van der Waals surface area (Å²) in [6.45, 7) is 1.88. The van der Waals surface area contributed by atoms with Crippen molar-refractivity contribution in [3.63, 3.8) is 0 Å². The van der Waals surface area contributed by atoms with E-state index < -0.39 is 10.0 Å². The SMILES string of the molecule is Cc1ccccc1NS(=O)(=O)c1ccc2c(c1)[C@H]1C=CC[C@H]1[C@@H](c1ccc(Cl)cc1Cl)N2. The molecule has 2 N–H and O–H groups in total. The van der Waals surface area contributed by atoms with Crippen molar-refractivity contribution in [3.8, 4) is 0 Å². The molecule has 3 atom stereocenters. The quantitative estimate of drug-likeness (QED) is 0.394. The average Bonchev–Trinajstić information content (AvgIpc) is 3.25. The monoisotopic (exact) mass is 484 g/mol. The fourth-order valence-electron chi connectivity index (χ4n) is 4.69. The molecule has 3 aromatic carbocycles. The molecule has 0 spiro atoms. The molecule has 0 fully saturated rings. The number of aryl methyl sites for hydroxylation is 1. The van der Waals surface area contributed by atoms with Gasteiger partial charge in [0.05, 0.1) is 16.6 Å². The van der Waals surface area contributed by atoms with Gasteiger partial charge in [-0.2, -0.15) is 0 Å². The number of hydrogen-bond acceptors (Lipinski definition) is 3. The Bertz CT molecular complexity index is 1340. The third kappa shape index (κ3) is 3.79. The topological polar surface area (TPSA) is 58.2 Å². The van der Waals surface area contributed by atoms with Crippen LogP contribution in [0, 0.1) is 12.8 Å². The number of rotatable bonds is 4. The molecule has 32 heavy (non-hydrogen) atoms. The maximum Gasteiger partial charge on any atom is 0.261 e. The van der Waals surface area contributed by atoms with Gasteiger partial charge in [0.2, 0.25) is 0 Å². The number of fused-ring (bicyclic) bond motifs is 3. The van der Waals surface area contributed by atoms with E-state index in [1.165, 1.54) is 0 Å². The van der Waals surface area contributed by atoms with E-state index in [2.05, 4.69) is 22.2 Å². The van der Waals surface area contributed by atoms with Gasteiger partial charge >= 0.3 is 0 Å². The molecule has 4 nitrogen and oxygen atoms in total. The molecule has 2 aliphatic rings. The summed E-state index contributed by atoms with van der Waals surface area (Å²) in [5.74, 6) is 0.347. The first kappa shape index (κ1) is 21.4. The molecule has 0 bridgehead atoms. The maximum absolute atomic E-state index is 13.1. The number of allylic oxidation sites excluding steroid dienone is 2. The average molecular weight is 485 g/mol. The Morgan fingerprint density at radius 1 is 1.00 bits per heavy atom. The summed E-state index contributed by atoms with van der Waals surface area (Å²) >= 11 is 12.6. The number of nitrogens with one attached hydrogen (secondary N) is 2. The van der Waals surface area contributed by atoms with E-state index in [1.807, 2.05) is 43.3 Å². The molecule has 0 amide bonds. The van der Waals surface area contributed by atoms with Gasteiger partial charge in [0, 0.05) is 21.7 Å². The molecule has 0 saturated carbocycles. The summed E-state index contributed by atoms with van der Waals surface area (Å²) in [4.78, 5) is 0.253. The summed E-state index contributed by atoms with van der Waals surface area (Å²) in [6.07, 6.45) is 5.22. The lowest BCUT2D eigenvalue weighted by Gasteiger charge is -2.38. The molecule has 1 aliphatic heterocycles. The molecule has 5 rings (SSSR count). The lowest BCUT2D eigenvalue weighted by Crippen LogP contribution is -2.29. The molecule has 164 valence electrons. The van der Waals surface area contributed by atoms with Gasteiger partial charge in [0.1, 0.15) is 0 Å². The Morgan fingerprint density at radius 2 is 1.81 bits per heavy atom. The zero-order valence-electron chi connectivity index (χ0n) is 17.3. The van der Waals surface area contributed by atoms with Crippen LogP contribution in [0.5, 0.6) is 0 Å². The van der Waals surface area contributed by atoms with Gasteiger partial charge in [-0.1, -0.05) is 59.6 Å². The van der Waals surface area contributed by atoms with Crippen LogP contribution in [-0.2, 0) is 10.0 Å². The van der Waals surface area contributed by atoms with Crippen molar-refractivity contribution in [1.82, 2.24) is 0 Å². The molecule has 0 unspecified atom stereocenters. The van der Waals surface area contributed by atoms with Crippen molar-refractivity contribution >= 4 is 44.6 Å². The van der Waals surface area contributed by atoms with Gasteiger partial charge in [-0.05, 0) is 72.4 Å². The minimum absolute atomic E-state index is 0.0137. The number of hydrogen-bond donors (Lipinski definition) is 2. The smallest absolute Gasteiger partial charge is 0.261 e. The van der Waals surface area contributed by atoms with Crippen LogP contribution in [0.3, 0.4) is 0 Å². The van der Waals surface area contributed by atoms with Crippen LogP contribution in [-0.4, -0.2) is 8.42 Å². The van der Waals surface area contributed by atoms with E-state index in [0.717, 1.165) is 28.8 Å². The van der Waals surface area contributed by atoms with Gasteiger partial charge in [0.25, 0.3) is 10.0 Å². The molecule has 1 aliphatic carbocycles. The van der Waals surface area contributed by atoms with Crippen molar-refractivity contribution in [2.45, 2.75) is 30.2 Å². The lowest BCUT2D eigenvalue weighted by atomic mass is 9.77. The third-order valence-electron chi connectivity index (χ3n) is 6.33. The molecular formula is C25H22Cl2N2O2S. The van der Waals surface area contributed by atoms with E-state index in [9.17, 15) is 8.42 Å². The van der Waals surface area contributed by atoms with Crippen molar-refractivity contribution in [1.29, 1.82) is 0 Å². The Kier molecular flexibility index (Phi) is 5.44. The molecular weight excluding hydrogens is 463 g/mol. The Morgan fingerprint density at radius 3 is 2.59 bits per heavy atom. The standard InChI is InChI=1S/C25H22Cl2N2O2S/c1-15-5-2-3-8-23(15)29-32(30,31)17-10-12-24-21(14-17)18-6-4-7-19(18)25(28-24)20-11-9-16(26)13-22(20)27/h2-6,8-14,18-19,25,28-29H,7H2,1H3/t18-,19+,25-/m0/s1. The van der Waals surface area contributed by atoms with E-state index in [0.29, 0.717) is 15.7 Å². The van der Waals surface area contributed by atoms with Gasteiger partial charge in [-0.15, -0.1) is 0 Å². The third-order valence-corrected chi connectivity index (χ3v) is 8.26. The van der Waals surface area contributed by atoms with E-state index in [-0.39, 0.29) is 22.8 Å². The van der Waals surface area contributed by atoms with Crippen LogP contribution in [0.1, 0.15) is 35.1 Å². The maximum atomic E-state index is 13.1. The highest BCUT2D eigenvalue weighted by molar-refractivity contribution is 7.92. The summed E-state index contributed by atoms with van der Waals surface area (Å²) in [7, 11) is -3.71. The highest BCUT2D eigenvalue weighted by atomic mass is 35.5. The van der Waals surface area contributed by atoms with Crippen molar-refractivity contribution in [2.24, 2.45) is 5.92 Å². The number of sulfonamides is 1. The van der Waals surface area contributed by atoms with E-state index >= 15 is 0 Å². The predicted octanol–water partition coefficient (Wildman–Crippen LogP) is 6.93. The Hall–Kier alpha value is -2.47. The molecule has 0 aromatic heterocycles. The van der Waals surface area contributed by atoms with Gasteiger partial charge in [-0.3, -0.25) is 4.72 Å². The van der Waals surface area contributed by atoms with Crippen LogP contribution in [0.15, 0.2) is 77.7 Å². The van der Waals surface area contributed by atoms with Crippen LogP contribution in [0.2, 0.25) is 10.0 Å². The van der Waals surface area contributed by atoms with E-state index in [4.69, 9.17) is 23.2 Å². The molecule has 1 heterocycles. The number of anilines is 2. The molecule has 7 heteroatoms. The van der Waals surface area contributed by atoms with Crippen molar-refractivity contribution in [3.05, 3.63) is 99.6 Å². The van der Waals surface area contributed by atoms with Gasteiger partial charge in [-0.25, -0.2) is 8.42 Å². The summed E-state index contributed by atoms with van der Waals surface area (Å²) < 4.78 is 28.9. The van der Waals surface area contributed by atoms with Crippen molar-refractivity contribution in [2.75, 3.05) is 10.0 Å². The minimum atomic E-state index is -3.71. The summed E-state index contributed by atoms with van der Waals surface area (Å²) in [5.41, 5.74) is 4.36. The van der Waals surface area contributed by atoms with Crippen LogP contribution < -0.4 is 10.0 Å². The van der Waals surface area contributed by atoms with Crippen LogP contribution in [0.4, 0.5) is 11.4 Å². The number of benzene rings is 3. The normalized spacial score (nSPS) is 21.5. The Labute approximate surface area is 198 Å². The van der Waals surface area contributed by atoms with Crippen LogP contribution >= 0.6 is 23.2 Å². The summed E-state index contributed by atoms with van der Waals surface area (Å²) in [6, 6.07) is 18.2. The Balaban J connectivity index is 1.51. The summed E-state index contributed by atoms with van der Waals surface area (Å²) in [5, 5.41) is 4.83. The highest BCUT2D eigenvalue weighted by Gasteiger charge is 2.39. The second-order valence-electron chi connectivity index (χ2n) is 8.31. The number of halogens is 2. The molecule has 0 radical (unpaired) electrons. The zero-order chi connectivity index (χ0) is 22.5. The number of para-hydroxylation sites is 1. The van der Waals surface area contributed by atoms with E-state index in [1.54, 1.807) is 24.3 Å². The first-order chi connectivity index (χ1) is 15.3. The molecule has 3 aromatic rings. The zero-order valence-corrected chi connectivity index (χ0v) is 19.7. The fraction of sp³-hybridized carbons (Fsp3) is 0.200. The van der Waals surface area contributed by atoms with Gasteiger partial charge < -0.3 is 5.32 Å².